The molecule has 0 N–H and O–H groups in total. The molecule has 0 aromatic heterocycles. The smallest absolute Gasteiger partial charge is 0.0700 e. The van der Waals surface area contributed by atoms with E-state index in [1.165, 1.54) is 38.5 Å². The van der Waals surface area contributed by atoms with Gasteiger partial charge in [-0.25, -0.2) is 0 Å². The Balaban J connectivity index is 2.95. The van der Waals surface area contributed by atoms with Crippen LogP contribution >= 0.6 is 0 Å². The summed E-state index contributed by atoms with van der Waals surface area (Å²) in [6.45, 7) is 12.4. The molecule has 0 unspecified atom stereocenters. The third kappa shape index (κ3) is 15.9. The van der Waals surface area contributed by atoms with Gasteiger partial charge in [-0.3, -0.25) is 0 Å². The standard InChI is InChI=1S/C16H34O2/c1-15(2)9-5-7-11-17-13-14-18-12-8-6-10-16(3)4/h15-16H,5-14H2,1-4H3. The lowest BCUT2D eigenvalue weighted by Crippen LogP contribution is -2.06. The molecular weight excluding hydrogens is 224 g/mol. The van der Waals surface area contributed by atoms with Crippen LogP contribution in [0.5, 0.6) is 0 Å². The van der Waals surface area contributed by atoms with Crippen LogP contribution in [-0.2, 0) is 9.47 Å². The number of hydrogen-bond acceptors (Lipinski definition) is 2. The van der Waals surface area contributed by atoms with Crippen LogP contribution in [0.2, 0.25) is 0 Å². The van der Waals surface area contributed by atoms with Gasteiger partial charge in [0, 0.05) is 13.2 Å². The second-order valence-electron chi connectivity index (χ2n) is 6.00. The molecule has 0 saturated carbocycles. The summed E-state index contributed by atoms with van der Waals surface area (Å²) in [6.07, 6.45) is 7.58. The molecule has 0 radical (unpaired) electrons. The van der Waals surface area contributed by atoms with E-state index in [4.69, 9.17) is 9.47 Å². The molecule has 0 saturated heterocycles. The Bertz CT molecular complexity index is 137. The van der Waals surface area contributed by atoms with E-state index in [-0.39, 0.29) is 0 Å². The molecule has 0 atom stereocenters. The van der Waals surface area contributed by atoms with Crippen molar-refractivity contribution in [3.05, 3.63) is 0 Å². The predicted octanol–water partition coefficient (Wildman–Crippen LogP) is 4.67. The second kappa shape index (κ2) is 13.4. The molecule has 0 amide bonds. The minimum atomic E-state index is 0.756. The molecule has 0 bridgehead atoms. The van der Waals surface area contributed by atoms with Crippen molar-refractivity contribution in [3.63, 3.8) is 0 Å². The molecule has 0 spiro atoms. The van der Waals surface area contributed by atoms with Crippen molar-refractivity contribution in [2.24, 2.45) is 11.8 Å². The van der Waals surface area contributed by atoms with Crippen LogP contribution in [0, 0.1) is 11.8 Å². The van der Waals surface area contributed by atoms with Crippen molar-refractivity contribution >= 4 is 0 Å². The van der Waals surface area contributed by atoms with Crippen molar-refractivity contribution in [1.29, 1.82) is 0 Å². The van der Waals surface area contributed by atoms with Crippen molar-refractivity contribution < 1.29 is 9.47 Å². The molecule has 0 aliphatic carbocycles. The fraction of sp³-hybridized carbons (Fsp3) is 1.00. The van der Waals surface area contributed by atoms with Crippen molar-refractivity contribution in [1.82, 2.24) is 0 Å². The molecule has 2 nitrogen and oxygen atoms in total. The summed E-state index contributed by atoms with van der Waals surface area (Å²) in [4.78, 5) is 0. The van der Waals surface area contributed by atoms with Crippen LogP contribution in [0.15, 0.2) is 0 Å². The maximum absolute atomic E-state index is 5.54. The van der Waals surface area contributed by atoms with Gasteiger partial charge in [-0.2, -0.15) is 0 Å². The van der Waals surface area contributed by atoms with E-state index in [1.54, 1.807) is 0 Å². The third-order valence-corrected chi connectivity index (χ3v) is 3.01. The maximum Gasteiger partial charge on any atom is 0.0700 e. The van der Waals surface area contributed by atoms with Gasteiger partial charge in [0.05, 0.1) is 13.2 Å². The average Bonchev–Trinajstić information content (AvgIpc) is 2.29. The number of hydrogen-bond donors (Lipinski definition) is 0. The van der Waals surface area contributed by atoms with Crippen LogP contribution < -0.4 is 0 Å². The van der Waals surface area contributed by atoms with Crippen LogP contribution in [0.25, 0.3) is 0 Å². The molecule has 2 heteroatoms. The van der Waals surface area contributed by atoms with Gasteiger partial charge < -0.3 is 9.47 Å². The fourth-order valence-corrected chi connectivity index (χ4v) is 1.84. The molecule has 0 rings (SSSR count). The van der Waals surface area contributed by atoms with E-state index in [0.717, 1.165) is 38.3 Å². The van der Waals surface area contributed by atoms with E-state index < -0.39 is 0 Å². The van der Waals surface area contributed by atoms with Crippen LogP contribution in [0.3, 0.4) is 0 Å². The molecule has 0 aromatic rings. The topological polar surface area (TPSA) is 18.5 Å². The molecule has 0 aromatic carbocycles. The Labute approximate surface area is 114 Å². The van der Waals surface area contributed by atoms with E-state index in [1.807, 2.05) is 0 Å². The van der Waals surface area contributed by atoms with Gasteiger partial charge in [0.2, 0.25) is 0 Å². The summed E-state index contributed by atoms with van der Waals surface area (Å²) in [5.74, 6) is 1.64. The zero-order valence-corrected chi connectivity index (χ0v) is 13.0. The van der Waals surface area contributed by atoms with Crippen molar-refractivity contribution in [3.8, 4) is 0 Å². The lowest BCUT2D eigenvalue weighted by Gasteiger charge is -2.07. The number of unbranched alkanes of at least 4 members (excludes halogenated alkanes) is 2. The largest absolute Gasteiger partial charge is 0.379 e. The highest BCUT2D eigenvalue weighted by atomic mass is 16.5. The number of rotatable bonds is 13. The lowest BCUT2D eigenvalue weighted by molar-refractivity contribution is 0.0445. The number of ether oxygens (including phenoxy) is 2. The summed E-state index contributed by atoms with van der Waals surface area (Å²) < 4.78 is 11.1. The Morgan fingerprint density at radius 3 is 1.28 bits per heavy atom. The van der Waals surface area contributed by atoms with E-state index >= 15 is 0 Å². The van der Waals surface area contributed by atoms with Crippen LogP contribution in [-0.4, -0.2) is 26.4 Å². The van der Waals surface area contributed by atoms with Gasteiger partial charge in [0.1, 0.15) is 0 Å². The fourth-order valence-electron chi connectivity index (χ4n) is 1.84. The van der Waals surface area contributed by atoms with Crippen molar-refractivity contribution in [2.45, 2.75) is 66.2 Å². The van der Waals surface area contributed by atoms with Gasteiger partial charge in [-0.05, 0) is 24.7 Å². The Morgan fingerprint density at radius 1 is 0.556 bits per heavy atom. The minimum absolute atomic E-state index is 0.756. The summed E-state index contributed by atoms with van der Waals surface area (Å²) in [7, 11) is 0. The molecule has 0 fully saturated rings. The Kier molecular flexibility index (Phi) is 13.3. The molecule has 0 aliphatic heterocycles. The van der Waals surface area contributed by atoms with Gasteiger partial charge in [-0.15, -0.1) is 0 Å². The Hall–Kier alpha value is -0.0800. The quantitative estimate of drug-likeness (QED) is 0.447. The first kappa shape index (κ1) is 17.9. The first-order chi connectivity index (χ1) is 8.63. The minimum Gasteiger partial charge on any atom is -0.379 e. The first-order valence-electron chi connectivity index (χ1n) is 7.78. The molecular formula is C16H34O2. The van der Waals surface area contributed by atoms with Crippen LogP contribution in [0.1, 0.15) is 66.2 Å². The van der Waals surface area contributed by atoms with E-state index in [0.29, 0.717) is 0 Å². The molecule has 18 heavy (non-hydrogen) atoms. The lowest BCUT2D eigenvalue weighted by atomic mass is 10.1. The van der Waals surface area contributed by atoms with Crippen molar-refractivity contribution in [2.75, 3.05) is 26.4 Å². The van der Waals surface area contributed by atoms with Gasteiger partial charge in [0.25, 0.3) is 0 Å². The van der Waals surface area contributed by atoms with Gasteiger partial charge in [-0.1, -0.05) is 53.4 Å². The average molecular weight is 258 g/mol. The molecule has 0 heterocycles. The third-order valence-electron chi connectivity index (χ3n) is 3.01. The maximum atomic E-state index is 5.54. The highest BCUT2D eigenvalue weighted by Gasteiger charge is 1.96. The SMILES string of the molecule is CC(C)CCCCOCCOCCCCC(C)C. The Morgan fingerprint density at radius 2 is 0.944 bits per heavy atom. The highest BCUT2D eigenvalue weighted by Crippen LogP contribution is 2.06. The summed E-state index contributed by atoms with van der Waals surface area (Å²) in [5.41, 5.74) is 0. The summed E-state index contributed by atoms with van der Waals surface area (Å²) >= 11 is 0. The van der Waals surface area contributed by atoms with Crippen LogP contribution in [0.4, 0.5) is 0 Å². The van der Waals surface area contributed by atoms with Gasteiger partial charge >= 0.3 is 0 Å². The molecule has 110 valence electrons. The zero-order valence-electron chi connectivity index (χ0n) is 13.0. The summed E-state index contributed by atoms with van der Waals surface area (Å²) in [6, 6.07) is 0. The second-order valence-corrected chi connectivity index (χ2v) is 6.00. The zero-order chi connectivity index (χ0) is 13.6. The summed E-state index contributed by atoms with van der Waals surface area (Å²) in [5, 5.41) is 0. The van der Waals surface area contributed by atoms with E-state index in [2.05, 4.69) is 27.7 Å². The normalized spacial score (nSPS) is 11.7. The molecule has 0 aliphatic rings. The van der Waals surface area contributed by atoms with E-state index in [9.17, 15) is 0 Å². The monoisotopic (exact) mass is 258 g/mol. The first-order valence-corrected chi connectivity index (χ1v) is 7.78. The van der Waals surface area contributed by atoms with Gasteiger partial charge in [0.15, 0.2) is 0 Å². The predicted molar refractivity (Wildman–Crippen MR) is 79.0 cm³/mol. The highest BCUT2D eigenvalue weighted by molar-refractivity contribution is 4.47.